The highest BCUT2D eigenvalue weighted by Crippen LogP contribution is 2.39. The fourth-order valence-electron chi connectivity index (χ4n) is 4.37. The van der Waals surface area contributed by atoms with Crippen molar-refractivity contribution in [1.29, 1.82) is 0 Å². The number of hydrogen-bond acceptors (Lipinski definition) is 5. The highest BCUT2D eigenvalue weighted by molar-refractivity contribution is 5.85. The number of ether oxygens (including phenoxy) is 1. The molecule has 188 valence electrons. The molecule has 4 aromatic rings. The summed E-state index contributed by atoms with van der Waals surface area (Å²) in [5.74, 6) is -3.88. The molecule has 0 spiro atoms. The van der Waals surface area contributed by atoms with E-state index in [2.05, 4.69) is 15.0 Å². The summed E-state index contributed by atoms with van der Waals surface area (Å²) in [6, 6.07) is 11.6. The molecule has 1 aliphatic rings. The van der Waals surface area contributed by atoms with E-state index in [-0.39, 0.29) is 11.6 Å². The molecule has 1 fully saturated rings. The zero-order valence-electron chi connectivity index (χ0n) is 19.1. The number of hydrogen-bond donors (Lipinski definition) is 1. The van der Waals surface area contributed by atoms with Crippen LogP contribution >= 0.6 is 0 Å². The summed E-state index contributed by atoms with van der Waals surface area (Å²) in [6.45, 7) is 2.98. The average Bonchev–Trinajstić information content (AvgIpc) is 3.18. The maximum absolute atomic E-state index is 14.7. The topological polar surface area (TPSA) is 63.4 Å². The number of aryl methyl sites for hydroxylation is 1. The summed E-state index contributed by atoms with van der Waals surface area (Å²) in [5.41, 5.74) is -1.89. The van der Waals surface area contributed by atoms with Crippen molar-refractivity contribution in [3.05, 3.63) is 71.6 Å². The van der Waals surface area contributed by atoms with Gasteiger partial charge in [-0.25, -0.2) is 18.4 Å². The molecule has 0 saturated carbocycles. The number of nitrogens with zero attached hydrogens (tertiary/aromatic N) is 4. The fourth-order valence-corrected chi connectivity index (χ4v) is 4.37. The van der Waals surface area contributed by atoms with E-state index in [1.807, 2.05) is 30.3 Å². The predicted molar refractivity (Wildman–Crippen MR) is 122 cm³/mol. The van der Waals surface area contributed by atoms with Crippen molar-refractivity contribution >= 4 is 16.7 Å². The van der Waals surface area contributed by atoms with Crippen molar-refractivity contribution in [2.24, 2.45) is 0 Å². The van der Waals surface area contributed by atoms with E-state index in [1.165, 1.54) is 6.20 Å². The molecule has 11 heteroatoms. The number of phenolic OH excluding ortho intramolecular Hbond substituents is 1. The van der Waals surface area contributed by atoms with E-state index in [9.17, 15) is 27.1 Å². The Morgan fingerprint density at radius 1 is 1.03 bits per heavy atom. The van der Waals surface area contributed by atoms with Gasteiger partial charge in [0, 0.05) is 31.3 Å². The number of piperidine rings is 1. The standard InChI is InChI=1S/C25H21F5N4O2/c1-14-17-11-21(33-9-7-16(8-10-33)36-15-5-3-2-4-6-15)31-13-20(17)34(32-14)19-12-18(25(28,29)30)22(26)24(35)23(19)27/h2-6,11-13,16,35H,7-10H2,1H3. The summed E-state index contributed by atoms with van der Waals surface area (Å²) >= 11 is 0. The van der Waals surface area contributed by atoms with Gasteiger partial charge in [0.05, 0.1) is 23.0 Å². The first kappa shape index (κ1) is 23.8. The number of halogens is 5. The lowest BCUT2D eigenvalue weighted by molar-refractivity contribution is -0.140. The molecule has 0 unspecified atom stereocenters. The monoisotopic (exact) mass is 504 g/mol. The smallest absolute Gasteiger partial charge is 0.419 e. The minimum atomic E-state index is -5.14. The summed E-state index contributed by atoms with van der Waals surface area (Å²) in [5, 5.41) is 14.4. The van der Waals surface area contributed by atoms with Crippen molar-refractivity contribution < 1.29 is 31.8 Å². The molecule has 3 heterocycles. The van der Waals surface area contributed by atoms with Gasteiger partial charge in [-0.1, -0.05) is 18.2 Å². The minimum absolute atomic E-state index is 0.0637. The van der Waals surface area contributed by atoms with Crippen LogP contribution in [0.25, 0.3) is 16.6 Å². The van der Waals surface area contributed by atoms with Crippen LogP contribution in [0.5, 0.6) is 11.5 Å². The van der Waals surface area contributed by atoms with Crippen molar-refractivity contribution in [3.63, 3.8) is 0 Å². The van der Waals surface area contributed by atoms with Crippen LogP contribution in [0.3, 0.4) is 0 Å². The number of rotatable bonds is 4. The van der Waals surface area contributed by atoms with E-state index in [0.717, 1.165) is 23.3 Å². The molecule has 1 aliphatic heterocycles. The third-order valence-electron chi connectivity index (χ3n) is 6.24. The summed E-state index contributed by atoms with van der Waals surface area (Å²) in [4.78, 5) is 6.49. The van der Waals surface area contributed by atoms with Crippen LogP contribution in [0.4, 0.5) is 27.8 Å². The minimum Gasteiger partial charge on any atom is -0.503 e. The largest absolute Gasteiger partial charge is 0.503 e. The second-order valence-corrected chi connectivity index (χ2v) is 8.59. The Bertz CT molecular complexity index is 1410. The van der Waals surface area contributed by atoms with Crippen molar-refractivity contribution in [1.82, 2.24) is 14.8 Å². The zero-order chi connectivity index (χ0) is 25.6. The van der Waals surface area contributed by atoms with Crippen LogP contribution in [0, 0.1) is 18.6 Å². The molecule has 2 aromatic heterocycles. The molecule has 36 heavy (non-hydrogen) atoms. The Morgan fingerprint density at radius 3 is 2.39 bits per heavy atom. The second kappa shape index (κ2) is 8.96. The Labute approximate surface area is 202 Å². The van der Waals surface area contributed by atoms with Crippen LogP contribution in [-0.2, 0) is 6.18 Å². The molecular formula is C25H21F5N4O2. The number of pyridine rings is 1. The molecule has 0 amide bonds. The van der Waals surface area contributed by atoms with Crippen LogP contribution in [0.15, 0.2) is 48.7 Å². The molecule has 5 rings (SSSR count). The van der Waals surface area contributed by atoms with E-state index >= 15 is 0 Å². The van der Waals surface area contributed by atoms with Gasteiger partial charge in [0.2, 0.25) is 0 Å². The van der Waals surface area contributed by atoms with Crippen LogP contribution in [0.2, 0.25) is 0 Å². The maximum Gasteiger partial charge on any atom is 0.419 e. The van der Waals surface area contributed by atoms with Gasteiger partial charge < -0.3 is 14.7 Å². The fraction of sp³-hybridized carbons (Fsp3) is 0.280. The van der Waals surface area contributed by atoms with Crippen molar-refractivity contribution in [2.75, 3.05) is 18.0 Å². The first-order chi connectivity index (χ1) is 17.1. The van der Waals surface area contributed by atoms with Crippen LogP contribution in [-0.4, -0.2) is 39.1 Å². The SMILES string of the molecule is Cc1nn(-c2cc(C(F)(F)F)c(F)c(O)c2F)c2cnc(N3CCC(Oc4ccccc4)CC3)cc12. The molecule has 0 aliphatic carbocycles. The number of aromatic nitrogens is 3. The number of phenols is 1. The Hall–Kier alpha value is -3.89. The lowest BCUT2D eigenvalue weighted by Gasteiger charge is -2.33. The van der Waals surface area contributed by atoms with Crippen molar-refractivity contribution in [3.8, 4) is 17.2 Å². The molecular weight excluding hydrogens is 483 g/mol. The molecule has 1 N–H and O–H groups in total. The van der Waals surface area contributed by atoms with Gasteiger partial charge in [0.25, 0.3) is 0 Å². The van der Waals surface area contributed by atoms with E-state index in [4.69, 9.17) is 4.74 Å². The lowest BCUT2D eigenvalue weighted by Crippen LogP contribution is -2.38. The highest BCUT2D eigenvalue weighted by atomic mass is 19.4. The lowest BCUT2D eigenvalue weighted by atomic mass is 10.1. The third kappa shape index (κ3) is 4.29. The van der Waals surface area contributed by atoms with Gasteiger partial charge in [-0.2, -0.15) is 18.3 Å². The molecule has 0 atom stereocenters. The normalized spacial score (nSPS) is 15.0. The zero-order valence-corrected chi connectivity index (χ0v) is 19.1. The Morgan fingerprint density at radius 2 is 1.72 bits per heavy atom. The quantitative estimate of drug-likeness (QED) is 0.357. The number of para-hydroxylation sites is 1. The molecule has 6 nitrogen and oxygen atoms in total. The number of anilines is 1. The van der Waals surface area contributed by atoms with E-state index < -0.39 is 34.8 Å². The summed E-state index contributed by atoms with van der Waals surface area (Å²) < 4.78 is 75.2. The molecule has 1 saturated heterocycles. The summed E-state index contributed by atoms with van der Waals surface area (Å²) in [7, 11) is 0. The Balaban J connectivity index is 1.43. The van der Waals surface area contributed by atoms with Crippen molar-refractivity contribution in [2.45, 2.75) is 32.0 Å². The van der Waals surface area contributed by atoms with E-state index in [0.29, 0.717) is 36.1 Å². The van der Waals surface area contributed by atoms with Gasteiger partial charge in [-0.15, -0.1) is 0 Å². The van der Waals surface area contributed by atoms with Gasteiger partial charge in [-0.05, 0) is 31.2 Å². The third-order valence-corrected chi connectivity index (χ3v) is 6.24. The summed E-state index contributed by atoms with van der Waals surface area (Å²) in [6.07, 6.45) is -2.15. The molecule has 0 bridgehead atoms. The first-order valence-electron chi connectivity index (χ1n) is 11.2. The van der Waals surface area contributed by atoms with Crippen LogP contribution < -0.4 is 9.64 Å². The van der Waals surface area contributed by atoms with Gasteiger partial charge in [0.15, 0.2) is 17.4 Å². The molecule has 0 radical (unpaired) electrons. The predicted octanol–water partition coefficient (Wildman–Crippen LogP) is 5.78. The Kier molecular flexibility index (Phi) is 5.93. The highest BCUT2D eigenvalue weighted by Gasteiger charge is 2.38. The van der Waals surface area contributed by atoms with E-state index in [1.54, 1.807) is 13.0 Å². The number of benzene rings is 2. The van der Waals surface area contributed by atoms with Gasteiger partial charge in [-0.3, -0.25) is 0 Å². The maximum atomic E-state index is 14.7. The average molecular weight is 504 g/mol. The van der Waals surface area contributed by atoms with Crippen LogP contribution in [0.1, 0.15) is 24.1 Å². The second-order valence-electron chi connectivity index (χ2n) is 8.59. The number of fused-ring (bicyclic) bond motifs is 1. The van der Waals surface area contributed by atoms with Gasteiger partial charge >= 0.3 is 6.18 Å². The first-order valence-corrected chi connectivity index (χ1v) is 11.2. The number of aromatic hydroxyl groups is 1. The van der Waals surface area contributed by atoms with Gasteiger partial charge in [0.1, 0.15) is 23.4 Å². The number of alkyl halides is 3. The molecule has 2 aromatic carbocycles.